The summed E-state index contributed by atoms with van der Waals surface area (Å²) >= 11 is 0. The van der Waals surface area contributed by atoms with Crippen molar-refractivity contribution in [3.63, 3.8) is 0 Å². The lowest BCUT2D eigenvalue weighted by Gasteiger charge is -2.35. The smallest absolute Gasteiger partial charge is 0.405 e. The molecule has 0 amide bonds. The van der Waals surface area contributed by atoms with Crippen LogP contribution < -0.4 is 23.7 Å². The molecule has 12 bridgehead atoms. The van der Waals surface area contributed by atoms with Gasteiger partial charge in [-0.1, -0.05) is 72.8 Å². The molecule has 0 aliphatic carbocycles. The van der Waals surface area contributed by atoms with Crippen LogP contribution in [0.5, 0.6) is 40.2 Å². The summed E-state index contributed by atoms with van der Waals surface area (Å²) in [5.74, 6) is -1.48. The van der Waals surface area contributed by atoms with E-state index in [1.165, 1.54) is 158 Å². The monoisotopic (exact) mass is 1300 g/mol. The van der Waals surface area contributed by atoms with Crippen LogP contribution in [-0.2, 0) is 63.3 Å². The van der Waals surface area contributed by atoms with Crippen LogP contribution in [0.3, 0.4) is 0 Å². The Morgan fingerprint density at radius 1 is 0.391 bits per heavy atom. The molecule has 0 saturated carbocycles. The highest BCUT2D eigenvalue weighted by molar-refractivity contribution is 7.92. The van der Waals surface area contributed by atoms with Crippen molar-refractivity contribution in [3.8, 4) is 40.2 Å². The summed E-state index contributed by atoms with van der Waals surface area (Å²) in [6.45, 7) is 1.52. The Bertz CT molecular complexity index is 5030. The van der Waals surface area contributed by atoms with Crippen LogP contribution in [0.4, 0.5) is 0 Å². The Kier molecular flexibility index (Phi) is 16.0. The molecule has 20 heteroatoms. The van der Waals surface area contributed by atoms with Crippen molar-refractivity contribution in [2.24, 2.45) is 0 Å². The molecule has 462 valence electrons. The molecule has 11 aromatic carbocycles. The largest absolute Gasteiger partial charge is 0.508 e. The van der Waals surface area contributed by atoms with E-state index in [4.69, 9.17) is 28.4 Å². The van der Waals surface area contributed by atoms with Crippen molar-refractivity contribution in [3.05, 3.63) is 305 Å². The average molecular weight is 1300 g/mol. The van der Waals surface area contributed by atoms with Gasteiger partial charge in [-0.15, -0.1) is 0 Å². The summed E-state index contributed by atoms with van der Waals surface area (Å²) < 4.78 is 154. The number of benzene rings is 11. The van der Waals surface area contributed by atoms with Gasteiger partial charge in [-0.2, -0.15) is 0 Å². The number of sulfone groups is 4. The number of aromatic hydroxyl groups is 2. The van der Waals surface area contributed by atoms with Gasteiger partial charge in [0.2, 0.25) is 39.3 Å². The molecule has 17 rings (SSSR count). The zero-order chi connectivity index (χ0) is 64.0. The van der Waals surface area contributed by atoms with Gasteiger partial charge in [0.25, 0.3) is 0 Å². The molecule has 2 N–H and O–H groups in total. The number of fused-ring (bicyclic) bond motifs is 4. The van der Waals surface area contributed by atoms with Gasteiger partial charge >= 0.3 is 5.97 Å². The first-order chi connectivity index (χ1) is 44.2. The van der Waals surface area contributed by atoms with Crippen molar-refractivity contribution >= 4 is 39.3 Å². The highest BCUT2D eigenvalue weighted by atomic mass is 32.2. The van der Waals surface area contributed by atoms with Crippen molar-refractivity contribution in [2.45, 2.75) is 77.5 Å². The van der Waals surface area contributed by atoms with E-state index in [2.05, 4.69) is 0 Å². The molecular weight excluding hydrogens is 1250 g/mol. The Hall–Kier alpha value is -10.2. The lowest BCUT2D eigenvalue weighted by Crippen LogP contribution is -2.43. The number of phenols is 2. The van der Waals surface area contributed by atoms with Crippen molar-refractivity contribution < 1.29 is 72.3 Å². The second-order valence-electron chi connectivity index (χ2n) is 21.8. The maximum Gasteiger partial charge on any atom is 0.405 e. The van der Waals surface area contributed by atoms with E-state index in [-0.39, 0.29) is 86.7 Å². The molecule has 6 aliphatic heterocycles. The van der Waals surface area contributed by atoms with Crippen molar-refractivity contribution in [1.29, 1.82) is 0 Å². The van der Waals surface area contributed by atoms with Crippen molar-refractivity contribution in [1.82, 2.24) is 0 Å². The third-order valence-electron chi connectivity index (χ3n) is 15.7. The van der Waals surface area contributed by atoms with Gasteiger partial charge in [0.15, 0.2) is 0 Å². The first-order valence-corrected chi connectivity index (χ1v) is 34.6. The summed E-state index contributed by atoms with van der Waals surface area (Å²) in [7, 11) is -16.4. The fourth-order valence-electron chi connectivity index (χ4n) is 10.8. The lowest BCUT2D eigenvalue weighted by molar-refractivity contribution is -0.320. The molecule has 3 atom stereocenters. The van der Waals surface area contributed by atoms with Crippen LogP contribution in [0.15, 0.2) is 300 Å². The zero-order valence-electron chi connectivity index (χ0n) is 48.6. The molecule has 3 unspecified atom stereocenters. The minimum absolute atomic E-state index is 0.00232. The summed E-state index contributed by atoms with van der Waals surface area (Å²) in [5, 5.41) is 19.7. The van der Waals surface area contributed by atoms with Crippen LogP contribution in [0.1, 0.15) is 56.7 Å². The van der Waals surface area contributed by atoms with Crippen LogP contribution in [0.25, 0.3) is 0 Å². The Morgan fingerprint density at radius 3 is 1.13 bits per heavy atom. The zero-order valence-corrected chi connectivity index (χ0v) is 51.9. The minimum Gasteiger partial charge on any atom is -0.508 e. The summed E-state index contributed by atoms with van der Waals surface area (Å²) in [6.07, 6.45) is -1.81. The van der Waals surface area contributed by atoms with E-state index in [9.17, 15) is 43.9 Å². The highest BCUT2D eigenvalue weighted by Crippen LogP contribution is 2.43. The quantitative estimate of drug-likeness (QED) is 0.158. The van der Waals surface area contributed by atoms with E-state index in [1.54, 1.807) is 54.6 Å². The second-order valence-corrected chi connectivity index (χ2v) is 29.6. The summed E-state index contributed by atoms with van der Waals surface area (Å²) in [5.41, 5.74) is 4.34. The van der Waals surface area contributed by atoms with Gasteiger partial charge in [-0.05, 0) is 234 Å². The van der Waals surface area contributed by atoms with Gasteiger partial charge in [-0.3, -0.25) is 4.74 Å². The van der Waals surface area contributed by atoms with Gasteiger partial charge in [0, 0.05) is 0 Å². The lowest BCUT2D eigenvalue weighted by atomic mass is 9.99. The molecule has 16 nitrogen and oxygen atoms in total. The van der Waals surface area contributed by atoms with E-state index < -0.39 is 57.5 Å². The predicted octanol–water partition coefficient (Wildman–Crippen LogP) is 13.8. The van der Waals surface area contributed by atoms with Gasteiger partial charge in [-0.25, -0.2) is 33.7 Å². The predicted molar refractivity (Wildman–Crippen MR) is 338 cm³/mol. The van der Waals surface area contributed by atoms with Crippen LogP contribution in [0.2, 0.25) is 0 Å². The van der Waals surface area contributed by atoms with E-state index in [0.29, 0.717) is 50.4 Å². The molecule has 0 aromatic heterocycles. The maximum absolute atomic E-state index is 14.5. The standard InChI is InChI=1S/C72H54O16S4/c1-47-5-2-10-68-69(47)83-45-48-6-3-8-52(43-48)70(50-11-27-60(28-12-50)89(75,76)62-31-15-54(73)16-32-62)85-56-19-35-64(36-20-56)91(79,80)66-39-23-58(24-40-66)87-72(68)84-46-49-7-4-9-53(44-49)71(51-13-29-61(30-14-51)90(77,78)63-33-17-55(74)18-34-63)86-57-21-37-65(38-22-57)92(81,82)67-41-25-59(88-72)26-42-67/h2-44,70-71,73-74H,45-46H2,1H3. The molecule has 0 radical (unpaired) electrons. The van der Waals surface area contributed by atoms with Gasteiger partial charge in [0.05, 0.1) is 45.8 Å². The molecule has 0 fully saturated rings. The summed E-state index contributed by atoms with van der Waals surface area (Å²) in [4.78, 5) is -0.270. The third-order valence-corrected chi connectivity index (χ3v) is 22.8. The number of ether oxygens (including phenoxy) is 6. The number of rotatable bonds is 6. The third kappa shape index (κ3) is 12.0. The van der Waals surface area contributed by atoms with Crippen LogP contribution in [0, 0.1) is 6.92 Å². The number of hydrogen-bond acceptors (Lipinski definition) is 16. The fourth-order valence-corrected chi connectivity index (χ4v) is 15.9. The molecule has 92 heavy (non-hydrogen) atoms. The first kappa shape index (κ1) is 60.7. The minimum atomic E-state index is -4.19. The molecule has 6 heterocycles. The topological polar surface area (TPSA) is 232 Å². The number of aryl methyl sites for hydroxylation is 1. The van der Waals surface area contributed by atoms with E-state index >= 15 is 0 Å². The second kappa shape index (κ2) is 24.2. The van der Waals surface area contributed by atoms with E-state index in [1.807, 2.05) is 55.5 Å². The maximum atomic E-state index is 14.5. The van der Waals surface area contributed by atoms with Gasteiger partial charge < -0.3 is 33.9 Å². The number of hydrogen-bond donors (Lipinski definition) is 2. The van der Waals surface area contributed by atoms with E-state index in [0.717, 1.165) is 0 Å². The van der Waals surface area contributed by atoms with Crippen molar-refractivity contribution in [2.75, 3.05) is 0 Å². The van der Waals surface area contributed by atoms with Gasteiger partial charge in [0.1, 0.15) is 64.6 Å². The molecule has 6 aliphatic rings. The average Bonchev–Trinajstić information content (AvgIpc) is 0.837. The normalized spacial score (nSPS) is 17.7. The molecular formula is C72H54O16S4. The van der Waals surface area contributed by atoms with Crippen LogP contribution >= 0.6 is 0 Å². The summed E-state index contributed by atoms with van der Waals surface area (Å²) in [6, 6.07) is 66.1. The Balaban J connectivity index is 0.928. The molecule has 1 spiro atoms. The Morgan fingerprint density at radius 2 is 0.739 bits per heavy atom. The fraction of sp³-hybridized carbons (Fsp3) is 0.0833. The Labute approximate surface area is 531 Å². The number of para-hydroxylation sites is 1. The van der Waals surface area contributed by atoms with Crippen LogP contribution in [-0.4, -0.2) is 43.9 Å². The highest BCUT2D eigenvalue weighted by Gasteiger charge is 2.44. The SMILES string of the molecule is Cc1cccc2c1OCc1cccc(c1)C(c1ccc(S(=O)(=O)c3ccc(O)cc3)cc1)Oc1ccc(cc1)S(=O)(=O)c1ccc(cc1)OC21OCc2cccc(c2)C(c2ccc(S(=O)(=O)c3ccc(O)cc3)cc2)Oc2ccc(cc2)S(=O)(=O)c2ccc(cc2)O1. The number of phenolic OH excluding ortho intramolecular Hbond substituents is 2. The first-order valence-electron chi connectivity index (χ1n) is 28.7. The molecule has 0 saturated heterocycles. The molecule has 11 aromatic rings.